The van der Waals surface area contributed by atoms with Crippen LogP contribution in [0.15, 0.2) is 30.3 Å². The van der Waals surface area contributed by atoms with Gasteiger partial charge < -0.3 is 23.4 Å². The van der Waals surface area contributed by atoms with Gasteiger partial charge in [0.15, 0.2) is 5.40 Å². The Labute approximate surface area is 175 Å². The van der Waals surface area contributed by atoms with Gasteiger partial charge in [-0.1, -0.05) is 37.3 Å². The molecule has 1 unspecified atom stereocenters. The van der Waals surface area contributed by atoms with E-state index in [9.17, 15) is 9.13 Å². The van der Waals surface area contributed by atoms with E-state index in [2.05, 4.69) is 5.32 Å². The third kappa shape index (κ3) is 8.26. The quantitative estimate of drug-likeness (QED) is 0.319. The Morgan fingerprint density at radius 1 is 0.793 bits per heavy atom. The van der Waals surface area contributed by atoms with Crippen molar-refractivity contribution in [3.05, 3.63) is 35.9 Å². The van der Waals surface area contributed by atoms with Gasteiger partial charge in [-0.3, -0.25) is 9.13 Å². The van der Waals surface area contributed by atoms with E-state index in [0.29, 0.717) is 6.54 Å². The molecule has 0 saturated heterocycles. The highest BCUT2D eigenvalue weighted by molar-refractivity contribution is 7.72. The molecular weight excluding hydrogens is 412 g/mol. The van der Waals surface area contributed by atoms with Gasteiger partial charge in [0.2, 0.25) is 0 Å². The second-order valence-electron chi connectivity index (χ2n) is 6.44. The largest absolute Gasteiger partial charge is 0.345 e. The highest BCUT2D eigenvalue weighted by atomic mass is 31.2. The molecule has 7 nitrogen and oxygen atoms in total. The molecule has 1 atom stereocenters. The van der Waals surface area contributed by atoms with Crippen molar-refractivity contribution in [1.29, 1.82) is 0 Å². The zero-order valence-corrected chi connectivity index (χ0v) is 20.1. The highest BCUT2D eigenvalue weighted by Crippen LogP contribution is 2.71. The maximum atomic E-state index is 13.6. The number of hydrogen-bond donors (Lipinski definition) is 1. The van der Waals surface area contributed by atoms with Crippen LogP contribution < -0.4 is 5.32 Å². The van der Waals surface area contributed by atoms with Gasteiger partial charge in [-0.2, -0.15) is 0 Å². The van der Waals surface area contributed by atoms with Gasteiger partial charge in [0.05, 0.1) is 26.4 Å². The summed E-state index contributed by atoms with van der Waals surface area (Å²) in [6.07, 6.45) is 1.04. The summed E-state index contributed by atoms with van der Waals surface area (Å²) in [5.74, 6) is 0. The van der Waals surface area contributed by atoms with E-state index in [1.54, 1.807) is 27.7 Å². The molecule has 1 N–H and O–H groups in total. The molecule has 9 heteroatoms. The molecule has 0 aliphatic rings. The monoisotopic (exact) mass is 449 g/mol. The molecule has 1 rings (SSSR count). The van der Waals surface area contributed by atoms with Crippen molar-refractivity contribution in [2.24, 2.45) is 0 Å². The Morgan fingerprint density at radius 3 is 1.62 bits per heavy atom. The number of benzene rings is 1. The first-order valence-corrected chi connectivity index (χ1v) is 13.7. The predicted molar refractivity (Wildman–Crippen MR) is 117 cm³/mol. The molecule has 0 spiro atoms. The summed E-state index contributed by atoms with van der Waals surface area (Å²) in [4.78, 5) is 0. The van der Waals surface area contributed by atoms with Gasteiger partial charge in [0.25, 0.3) is 0 Å². The van der Waals surface area contributed by atoms with E-state index in [0.717, 1.165) is 12.0 Å². The van der Waals surface area contributed by atoms with Crippen LogP contribution in [0.4, 0.5) is 0 Å². The van der Waals surface area contributed by atoms with Crippen LogP contribution in [-0.2, 0) is 33.8 Å². The molecule has 0 aliphatic carbocycles. The fourth-order valence-corrected chi connectivity index (χ4v) is 8.56. The molecule has 0 heterocycles. The molecule has 1 aromatic rings. The summed E-state index contributed by atoms with van der Waals surface area (Å²) >= 11 is 0. The minimum atomic E-state index is -3.73. The summed E-state index contributed by atoms with van der Waals surface area (Å²) in [7, 11) is -7.45. The van der Waals surface area contributed by atoms with Gasteiger partial charge in [-0.25, -0.2) is 0 Å². The summed E-state index contributed by atoms with van der Waals surface area (Å²) in [6.45, 7) is 10.3. The van der Waals surface area contributed by atoms with Crippen molar-refractivity contribution < 1.29 is 27.2 Å². The van der Waals surface area contributed by atoms with Crippen LogP contribution in [0, 0.1) is 0 Å². The molecule has 0 fully saturated rings. The number of rotatable bonds is 16. The summed E-state index contributed by atoms with van der Waals surface area (Å²) in [5.41, 5.74) is 1.14. The average molecular weight is 449 g/mol. The number of nitrogens with one attached hydrogen (secondary N) is 1. The Morgan fingerprint density at radius 2 is 1.24 bits per heavy atom. The number of hydrogen-bond acceptors (Lipinski definition) is 7. The van der Waals surface area contributed by atoms with Crippen LogP contribution in [0.2, 0.25) is 0 Å². The molecule has 1 aromatic carbocycles. The molecule has 0 bridgehead atoms. The van der Waals surface area contributed by atoms with Gasteiger partial charge in [0, 0.05) is 12.6 Å². The lowest BCUT2D eigenvalue weighted by molar-refractivity contribution is 0.191. The molecule has 0 aliphatic heterocycles. The summed E-state index contributed by atoms with van der Waals surface area (Å²) in [5, 5.41) is 2.47. The van der Waals surface area contributed by atoms with E-state index in [-0.39, 0.29) is 38.9 Å². The van der Waals surface area contributed by atoms with E-state index in [4.69, 9.17) is 18.1 Å². The van der Waals surface area contributed by atoms with Crippen molar-refractivity contribution in [3.8, 4) is 0 Å². The van der Waals surface area contributed by atoms with Crippen LogP contribution in [-0.4, -0.2) is 37.9 Å². The Bertz CT molecular complexity index is 608. The minimum absolute atomic E-state index is 0.0660. The Kier molecular flexibility index (Phi) is 12.5. The standard InChI is InChI=1S/C20H37NO6P2/c1-6-19(21-17-18-14-12-11-13-15-18)16-20(28(22,24-7-2)25-8-3)29(23,26-9-4)27-10-5/h11-15,19-21H,6-10,16-17H2,1-5H3. The molecule has 0 aromatic heterocycles. The predicted octanol–water partition coefficient (Wildman–Crippen LogP) is 5.80. The fourth-order valence-electron chi connectivity index (χ4n) is 3.08. The Balaban J connectivity index is 3.15. The van der Waals surface area contributed by atoms with E-state index >= 15 is 0 Å². The second-order valence-corrected chi connectivity index (χ2v) is 11.3. The van der Waals surface area contributed by atoms with E-state index in [1.165, 1.54) is 0 Å². The zero-order valence-electron chi connectivity index (χ0n) is 18.3. The highest BCUT2D eigenvalue weighted by Gasteiger charge is 2.51. The SMILES string of the molecule is CCOP(=O)(OCC)C(CC(CC)NCc1ccccc1)P(=O)(OCC)OCC. The topological polar surface area (TPSA) is 83.1 Å². The maximum absolute atomic E-state index is 13.6. The lowest BCUT2D eigenvalue weighted by atomic mass is 10.1. The first kappa shape index (κ1) is 26.5. The van der Waals surface area contributed by atoms with Crippen molar-refractivity contribution in [3.63, 3.8) is 0 Å². The fraction of sp³-hybridized carbons (Fsp3) is 0.700. The van der Waals surface area contributed by atoms with Gasteiger partial charge in [-0.05, 0) is 46.1 Å². The smallest absolute Gasteiger partial charge is 0.310 e. The molecule has 29 heavy (non-hydrogen) atoms. The normalized spacial score (nSPS) is 13.7. The van der Waals surface area contributed by atoms with Crippen molar-refractivity contribution in [1.82, 2.24) is 5.32 Å². The van der Waals surface area contributed by atoms with Gasteiger partial charge in [0.1, 0.15) is 0 Å². The second kappa shape index (κ2) is 13.7. The van der Waals surface area contributed by atoms with Crippen LogP contribution >= 0.6 is 15.2 Å². The minimum Gasteiger partial charge on any atom is -0.310 e. The zero-order chi connectivity index (χ0) is 21.8. The van der Waals surface area contributed by atoms with Gasteiger partial charge >= 0.3 is 15.2 Å². The van der Waals surface area contributed by atoms with Gasteiger partial charge in [-0.15, -0.1) is 0 Å². The molecule has 0 radical (unpaired) electrons. The third-order valence-electron chi connectivity index (χ3n) is 4.39. The maximum Gasteiger partial charge on any atom is 0.345 e. The van der Waals surface area contributed by atoms with Crippen molar-refractivity contribution >= 4 is 15.2 Å². The first-order chi connectivity index (χ1) is 13.9. The molecule has 0 saturated carbocycles. The van der Waals surface area contributed by atoms with Crippen molar-refractivity contribution in [2.75, 3.05) is 26.4 Å². The van der Waals surface area contributed by atoms with Crippen LogP contribution in [0.3, 0.4) is 0 Å². The summed E-state index contributed by atoms with van der Waals surface area (Å²) in [6, 6.07) is 9.94. The van der Waals surface area contributed by atoms with E-state index < -0.39 is 20.6 Å². The van der Waals surface area contributed by atoms with Crippen molar-refractivity contribution in [2.45, 2.75) is 65.4 Å². The molecular formula is C20H37NO6P2. The Hall–Kier alpha value is -0.520. The third-order valence-corrected chi connectivity index (χ3v) is 10.4. The van der Waals surface area contributed by atoms with E-state index in [1.807, 2.05) is 37.3 Å². The lowest BCUT2D eigenvalue weighted by Gasteiger charge is -2.33. The average Bonchev–Trinajstić information content (AvgIpc) is 2.69. The van der Waals surface area contributed by atoms with Crippen LogP contribution in [0.5, 0.6) is 0 Å². The summed E-state index contributed by atoms with van der Waals surface area (Å²) < 4.78 is 49.5. The molecule has 0 amide bonds. The molecule has 168 valence electrons. The lowest BCUT2D eigenvalue weighted by Crippen LogP contribution is -2.33. The van der Waals surface area contributed by atoms with Crippen LogP contribution in [0.25, 0.3) is 0 Å². The van der Waals surface area contributed by atoms with Crippen LogP contribution in [0.1, 0.15) is 53.0 Å². The first-order valence-electron chi connectivity index (χ1n) is 10.4.